The number of benzene rings is 1. The van der Waals surface area contributed by atoms with Crippen molar-refractivity contribution in [3.8, 4) is 0 Å². The molecule has 1 aromatic carbocycles. The van der Waals surface area contributed by atoms with Gasteiger partial charge in [-0.05, 0) is 65.1 Å². The molecule has 0 bridgehead atoms. The molecule has 0 amide bonds. The topological polar surface area (TPSA) is 46.1 Å². The first-order chi connectivity index (χ1) is 14.7. The van der Waals surface area contributed by atoms with Crippen LogP contribution in [0.15, 0.2) is 35.3 Å². The summed E-state index contributed by atoms with van der Waals surface area (Å²) < 4.78 is 0. The zero-order chi connectivity index (χ0) is 21.6. The molecule has 30 heavy (non-hydrogen) atoms. The number of rotatable bonds is 11. The number of nitrogens with zero attached hydrogens (tertiary/aromatic N) is 4. The zero-order valence-electron chi connectivity index (χ0n) is 19.7. The summed E-state index contributed by atoms with van der Waals surface area (Å²) in [6.45, 7) is 17.2. The van der Waals surface area contributed by atoms with Gasteiger partial charge in [0.05, 0.1) is 12.6 Å². The summed E-state index contributed by atoms with van der Waals surface area (Å²) in [6.07, 6.45) is 2.42. The van der Waals surface area contributed by atoms with E-state index in [1.165, 1.54) is 38.2 Å². The van der Waals surface area contributed by atoms with Crippen molar-refractivity contribution in [2.75, 3.05) is 72.5 Å². The lowest BCUT2D eigenvalue weighted by Crippen LogP contribution is -2.40. The maximum absolute atomic E-state index is 4.95. The fourth-order valence-corrected chi connectivity index (χ4v) is 4.12. The van der Waals surface area contributed by atoms with Crippen molar-refractivity contribution in [2.24, 2.45) is 4.99 Å². The Balaban J connectivity index is 1.88. The van der Waals surface area contributed by atoms with Crippen LogP contribution in [0.3, 0.4) is 0 Å². The van der Waals surface area contributed by atoms with E-state index in [-0.39, 0.29) is 0 Å². The van der Waals surface area contributed by atoms with E-state index >= 15 is 0 Å². The van der Waals surface area contributed by atoms with Gasteiger partial charge in [0.25, 0.3) is 0 Å². The molecular weight excluding hydrogens is 372 g/mol. The number of likely N-dealkylation sites (N-methyl/N-ethyl adjacent to an activating group) is 2. The van der Waals surface area contributed by atoms with Crippen molar-refractivity contribution in [3.05, 3.63) is 35.9 Å². The van der Waals surface area contributed by atoms with Crippen LogP contribution >= 0.6 is 0 Å². The molecule has 1 aliphatic heterocycles. The van der Waals surface area contributed by atoms with Gasteiger partial charge in [-0.1, -0.05) is 44.2 Å². The SMILES string of the molecule is CCNC(=NCC(c1ccccc1)N(CC)CC)NCCCN1CCCN(C)CC1. The Kier molecular flexibility index (Phi) is 11.8. The van der Waals surface area contributed by atoms with Gasteiger partial charge < -0.3 is 20.4 Å². The average Bonchev–Trinajstić information content (AvgIpc) is 2.98. The molecule has 1 saturated heterocycles. The fourth-order valence-electron chi connectivity index (χ4n) is 4.12. The van der Waals surface area contributed by atoms with Crippen LogP contribution in [0.2, 0.25) is 0 Å². The number of aliphatic imine (C=N–C) groups is 1. The second-order valence-electron chi connectivity index (χ2n) is 8.15. The van der Waals surface area contributed by atoms with Crippen LogP contribution < -0.4 is 10.6 Å². The van der Waals surface area contributed by atoms with Gasteiger partial charge in [-0.25, -0.2) is 0 Å². The molecule has 1 aromatic rings. The summed E-state index contributed by atoms with van der Waals surface area (Å²) in [7, 11) is 2.23. The van der Waals surface area contributed by atoms with E-state index in [2.05, 4.69) is 83.5 Å². The molecule has 1 unspecified atom stereocenters. The molecule has 1 heterocycles. The van der Waals surface area contributed by atoms with Crippen molar-refractivity contribution in [2.45, 2.75) is 39.7 Å². The molecule has 2 N–H and O–H groups in total. The van der Waals surface area contributed by atoms with Crippen LogP contribution in [0, 0.1) is 0 Å². The second-order valence-corrected chi connectivity index (χ2v) is 8.15. The Hall–Kier alpha value is -1.63. The predicted molar refractivity (Wildman–Crippen MR) is 129 cm³/mol. The van der Waals surface area contributed by atoms with E-state index in [0.29, 0.717) is 6.04 Å². The van der Waals surface area contributed by atoms with E-state index < -0.39 is 0 Å². The summed E-state index contributed by atoms with van der Waals surface area (Å²) in [5.74, 6) is 0.932. The average molecular weight is 417 g/mol. The second kappa shape index (κ2) is 14.4. The van der Waals surface area contributed by atoms with E-state index in [0.717, 1.165) is 51.6 Å². The fraction of sp³-hybridized carbons (Fsp3) is 0.708. The van der Waals surface area contributed by atoms with E-state index in [1.54, 1.807) is 0 Å². The largest absolute Gasteiger partial charge is 0.357 e. The predicted octanol–water partition coefficient (Wildman–Crippen LogP) is 2.65. The van der Waals surface area contributed by atoms with Crippen LogP contribution in [0.25, 0.3) is 0 Å². The van der Waals surface area contributed by atoms with Gasteiger partial charge in [-0.3, -0.25) is 9.89 Å². The molecular formula is C24H44N6. The minimum Gasteiger partial charge on any atom is -0.357 e. The molecule has 0 saturated carbocycles. The van der Waals surface area contributed by atoms with Crippen LogP contribution in [0.4, 0.5) is 0 Å². The summed E-state index contributed by atoms with van der Waals surface area (Å²) in [4.78, 5) is 12.5. The highest BCUT2D eigenvalue weighted by atomic mass is 15.2. The van der Waals surface area contributed by atoms with Crippen molar-refractivity contribution < 1.29 is 0 Å². The molecule has 0 radical (unpaired) electrons. The lowest BCUT2D eigenvalue weighted by molar-refractivity contribution is 0.224. The molecule has 0 spiro atoms. The highest BCUT2D eigenvalue weighted by Gasteiger charge is 2.17. The summed E-state index contributed by atoms with van der Waals surface area (Å²) >= 11 is 0. The molecule has 6 nitrogen and oxygen atoms in total. The first kappa shape index (κ1) is 24.6. The Morgan fingerprint density at radius 3 is 2.50 bits per heavy atom. The van der Waals surface area contributed by atoms with Gasteiger partial charge in [0.15, 0.2) is 5.96 Å². The van der Waals surface area contributed by atoms with Crippen molar-refractivity contribution in [1.82, 2.24) is 25.3 Å². The van der Waals surface area contributed by atoms with E-state index in [9.17, 15) is 0 Å². The quantitative estimate of drug-likeness (QED) is 0.330. The normalized spacial score (nSPS) is 17.7. The molecule has 0 aliphatic carbocycles. The van der Waals surface area contributed by atoms with Gasteiger partial charge in [0.1, 0.15) is 0 Å². The molecule has 6 heteroatoms. The Morgan fingerprint density at radius 2 is 1.80 bits per heavy atom. The van der Waals surface area contributed by atoms with Gasteiger partial charge in [-0.15, -0.1) is 0 Å². The number of nitrogens with one attached hydrogen (secondary N) is 2. The van der Waals surface area contributed by atoms with Crippen molar-refractivity contribution in [3.63, 3.8) is 0 Å². The summed E-state index contributed by atoms with van der Waals surface area (Å²) in [5.41, 5.74) is 1.34. The highest BCUT2D eigenvalue weighted by molar-refractivity contribution is 5.79. The van der Waals surface area contributed by atoms with Crippen LogP contribution in [-0.4, -0.2) is 93.2 Å². The third kappa shape index (κ3) is 8.62. The van der Waals surface area contributed by atoms with Crippen molar-refractivity contribution in [1.29, 1.82) is 0 Å². The minimum absolute atomic E-state index is 0.311. The van der Waals surface area contributed by atoms with E-state index in [1.807, 2.05) is 0 Å². The highest BCUT2D eigenvalue weighted by Crippen LogP contribution is 2.20. The van der Waals surface area contributed by atoms with Crippen molar-refractivity contribution >= 4 is 5.96 Å². The first-order valence-electron chi connectivity index (χ1n) is 11.9. The molecule has 1 aliphatic rings. The maximum Gasteiger partial charge on any atom is 0.191 e. The van der Waals surface area contributed by atoms with Gasteiger partial charge in [0.2, 0.25) is 0 Å². The van der Waals surface area contributed by atoms with Crippen LogP contribution in [-0.2, 0) is 0 Å². The summed E-state index contributed by atoms with van der Waals surface area (Å²) in [6, 6.07) is 11.1. The minimum atomic E-state index is 0.311. The van der Waals surface area contributed by atoms with Gasteiger partial charge in [0, 0.05) is 26.2 Å². The third-order valence-electron chi connectivity index (χ3n) is 5.96. The molecule has 1 fully saturated rings. The Morgan fingerprint density at radius 1 is 1.03 bits per heavy atom. The standard InChI is InChI=1S/C24H44N6/c1-5-25-24(26-15-11-17-29-18-12-16-28(4)19-20-29)27-21-23(30(6-2)7-3)22-13-9-8-10-14-22/h8-10,13-14,23H,5-7,11-12,15-21H2,1-4H3,(H2,25,26,27). The molecule has 170 valence electrons. The smallest absolute Gasteiger partial charge is 0.191 e. The summed E-state index contributed by atoms with van der Waals surface area (Å²) in [5, 5.41) is 6.97. The molecule has 2 rings (SSSR count). The number of hydrogen-bond donors (Lipinski definition) is 2. The Bertz CT molecular complexity index is 587. The zero-order valence-corrected chi connectivity index (χ0v) is 19.7. The van der Waals surface area contributed by atoms with E-state index in [4.69, 9.17) is 4.99 Å². The third-order valence-corrected chi connectivity index (χ3v) is 5.96. The lowest BCUT2D eigenvalue weighted by atomic mass is 10.1. The molecule has 0 aromatic heterocycles. The monoisotopic (exact) mass is 416 g/mol. The van der Waals surface area contributed by atoms with Crippen LogP contribution in [0.1, 0.15) is 45.2 Å². The van der Waals surface area contributed by atoms with Crippen LogP contribution in [0.5, 0.6) is 0 Å². The first-order valence-corrected chi connectivity index (χ1v) is 11.9. The van der Waals surface area contributed by atoms with Gasteiger partial charge >= 0.3 is 0 Å². The Labute approximate surface area is 184 Å². The van der Waals surface area contributed by atoms with Gasteiger partial charge in [-0.2, -0.15) is 0 Å². The lowest BCUT2D eigenvalue weighted by Gasteiger charge is -2.29. The number of hydrogen-bond acceptors (Lipinski definition) is 4. The number of guanidine groups is 1. The maximum atomic E-state index is 4.95. The molecule has 1 atom stereocenters.